The van der Waals surface area contributed by atoms with Gasteiger partial charge in [-0.2, -0.15) is 11.8 Å². The van der Waals surface area contributed by atoms with Crippen molar-refractivity contribution in [3.63, 3.8) is 0 Å². The lowest BCUT2D eigenvalue weighted by Crippen LogP contribution is -2.00. The molecule has 96 valence electrons. The highest BCUT2D eigenvalue weighted by Gasteiger charge is 2.06. The van der Waals surface area contributed by atoms with Gasteiger partial charge in [0.1, 0.15) is 5.75 Å². The number of halogens is 1. The molecule has 0 bridgehead atoms. The molecule has 0 aromatic heterocycles. The van der Waals surface area contributed by atoms with E-state index in [1.165, 1.54) is 0 Å². The third kappa shape index (κ3) is 5.19. The lowest BCUT2D eigenvalue weighted by atomic mass is 10.1. The Kier molecular flexibility index (Phi) is 6.78. The van der Waals surface area contributed by atoms with Gasteiger partial charge < -0.3 is 9.84 Å². The van der Waals surface area contributed by atoms with Gasteiger partial charge >= 0.3 is 0 Å². The molecule has 0 saturated carbocycles. The van der Waals surface area contributed by atoms with Crippen LogP contribution in [0.25, 0.3) is 0 Å². The second-order valence-corrected chi connectivity index (χ2v) is 5.57. The Balaban J connectivity index is 2.43. The molecule has 1 aromatic rings. The minimum atomic E-state index is -0.498. The van der Waals surface area contributed by atoms with Crippen LogP contribution in [0.15, 0.2) is 18.2 Å². The van der Waals surface area contributed by atoms with Crippen molar-refractivity contribution in [1.29, 1.82) is 0 Å². The van der Waals surface area contributed by atoms with Crippen LogP contribution in [0.1, 0.15) is 31.9 Å². The SMILES string of the molecule is CCSCCCOc1ccc(C(C)O)cc1Cl. The summed E-state index contributed by atoms with van der Waals surface area (Å²) in [5.74, 6) is 2.95. The molecular formula is C13H19ClO2S. The van der Waals surface area contributed by atoms with Crippen molar-refractivity contribution in [3.8, 4) is 5.75 Å². The lowest BCUT2D eigenvalue weighted by molar-refractivity contribution is 0.199. The van der Waals surface area contributed by atoms with Crippen LogP contribution in [-0.4, -0.2) is 23.2 Å². The molecule has 17 heavy (non-hydrogen) atoms. The summed E-state index contributed by atoms with van der Waals surface area (Å²) in [5.41, 5.74) is 0.809. The minimum absolute atomic E-state index is 0.498. The van der Waals surface area contributed by atoms with Crippen LogP contribution in [0.5, 0.6) is 5.75 Å². The summed E-state index contributed by atoms with van der Waals surface area (Å²) in [4.78, 5) is 0. The molecule has 0 radical (unpaired) electrons. The predicted molar refractivity (Wildman–Crippen MR) is 75.2 cm³/mol. The smallest absolute Gasteiger partial charge is 0.137 e. The first-order valence-electron chi connectivity index (χ1n) is 5.83. The number of aliphatic hydroxyl groups excluding tert-OH is 1. The van der Waals surface area contributed by atoms with Crippen molar-refractivity contribution >= 4 is 23.4 Å². The quantitative estimate of drug-likeness (QED) is 0.765. The van der Waals surface area contributed by atoms with E-state index in [0.29, 0.717) is 17.4 Å². The maximum absolute atomic E-state index is 9.41. The fourth-order valence-corrected chi connectivity index (χ4v) is 2.24. The Morgan fingerprint density at radius 1 is 1.47 bits per heavy atom. The number of aliphatic hydroxyl groups is 1. The highest BCUT2D eigenvalue weighted by atomic mass is 35.5. The zero-order chi connectivity index (χ0) is 12.7. The molecule has 2 nitrogen and oxygen atoms in total. The monoisotopic (exact) mass is 274 g/mol. The van der Waals surface area contributed by atoms with Gasteiger partial charge in [0, 0.05) is 0 Å². The molecule has 0 aliphatic heterocycles. The maximum atomic E-state index is 9.41. The van der Waals surface area contributed by atoms with Crippen LogP contribution >= 0.6 is 23.4 Å². The molecule has 1 N–H and O–H groups in total. The number of hydrogen-bond acceptors (Lipinski definition) is 3. The number of rotatable bonds is 7. The molecule has 0 fully saturated rings. The van der Waals surface area contributed by atoms with Crippen LogP contribution < -0.4 is 4.74 Å². The van der Waals surface area contributed by atoms with E-state index < -0.39 is 6.10 Å². The molecule has 1 aromatic carbocycles. The predicted octanol–water partition coefficient (Wildman–Crippen LogP) is 3.92. The van der Waals surface area contributed by atoms with Crippen LogP contribution in [-0.2, 0) is 0 Å². The highest BCUT2D eigenvalue weighted by molar-refractivity contribution is 7.99. The third-order valence-electron chi connectivity index (χ3n) is 2.33. The topological polar surface area (TPSA) is 29.5 Å². The Morgan fingerprint density at radius 2 is 2.24 bits per heavy atom. The molecular weight excluding hydrogens is 256 g/mol. The van der Waals surface area contributed by atoms with Crippen molar-refractivity contribution in [1.82, 2.24) is 0 Å². The summed E-state index contributed by atoms with van der Waals surface area (Å²) in [6.45, 7) is 4.55. The van der Waals surface area contributed by atoms with E-state index in [1.54, 1.807) is 13.0 Å². The normalized spacial score (nSPS) is 12.5. The van der Waals surface area contributed by atoms with Crippen molar-refractivity contribution in [2.45, 2.75) is 26.4 Å². The number of benzene rings is 1. The number of hydrogen-bond donors (Lipinski definition) is 1. The zero-order valence-electron chi connectivity index (χ0n) is 10.3. The number of thioether (sulfide) groups is 1. The van der Waals surface area contributed by atoms with E-state index >= 15 is 0 Å². The first kappa shape index (κ1) is 14.7. The number of ether oxygens (including phenoxy) is 1. The molecule has 0 aliphatic carbocycles. The summed E-state index contributed by atoms with van der Waals surface area (Å²) in [5, 5.41) is 9.97. The van der Waals surface area contributed by atoms with E-state index in [1.807, 2.05) is 23.9 Å². The summed E-state index contributed by atoms with van der Waals surface area (Å²) in [6.07, 6.45) is 0.523. The third-order valence-corrected chi connectivity index (χ3v) is 3.61. The molecule has 0 heterocycles. The van der Waals surface area contributed by atoms with E-state index in [0.717, 1.165) is 23.5 Å². The van der Waals surface area contributed by atoms with Crippen LogP contribution in [0.3, 0.4) is 0 Å². The fraction of sp³-hybridized carbons (Fsp3) is 0.538. The molecule has 0 spiro atoms. The van der Waals surface area contributed by atoms with Crippen molar-refractivity contribution in [2.24, 2.45) is 0 Å². The van der Waals surface area contributed by atoms with Crippen molar-refractivity contribution in [3.05, 3.63) is 28.8 Å². The molecule has 0 amide bonds. The van der Waals surface area contributed by atoms with Gasteiger partial charge in [0.25, 0.3) is 0 Å². The summed E-state index contributed by atoms with van der Waals surface area (Å²) in [7, 11) is 0. The van der Waals surface area contributed by atoms with Gasteiger partial charge in [-0.15, -0.1) is 0 Å². The van der Waals surface area contributed by atoms with Gasteiger partial charge in [0.05, 0.1) is 17.7 Å². The average Bonchev–Trinajstić information content (AvgIpc) is 2.30. The molecule has 0 saturated heterocycles. The molecule has 1 atom stereocenters. The summed E-state index contributed by atoms with van der Waals surface area (Å²) >= 11 is 7.98. The molecule has 0 aliphatic rings. The fourth-order valence-electron chi connectivity index (χ4n) is 1.38. The first-order chi connectivity index (χ1) is 8.15. The standard InChI is InChI=1S/C13H19ClO2S/c1-3-17-8-4-7-16-13-6-5-11(10(2)15)9-12(13)14/h5-6,9-10,15H,3-4,7-8H2,1-2H3. The Labute approximate surface area is 112 Å². The Bertz CT molecular complexity index is 342. The van der Waals surface area contributed by atoms with E-state index in [9.17, 15) is 5.11 Å². The van der Waals surface area contributed by atoms with E-state index in [-0.39, 0.29) is 0 Å². The van der Waals surface area contributed by atoms with E-state index in [4.69, 9.17) is 16.3 Å². The second-order valence-electron chi connectivity index (χ2n) is 3.76. The van der Waals surface area contributed by atoms with E-state index in [2.05, 4.69) is 6.92 Å². The Hall–Kier alpha value is -0.380. The van der Waals surface area contributed by atoms with Gasteiger partial charge in [0.2, 0.25) is 0 Å². The van der Waals surface area contributed by atoms with Crippen molar-refractivity contribution in [2.75, 3.05) is 18.1 Å². The second kappa shape index (κ2) is 7.85. The highest BCUT2D eigenvalue weighted by Crippen LogP contribution is 2.27. The van der Waals surface area contributed by atoms with Crippen LogP contribution in [0.4, 0.5) is 0 Å². The van der Waals surface area contributed by atoms with Gasteiger partial charge in [-0.1, -0.05) is 24.6 Å². The van der Waals surface area contributed by atoms with Gasteiger partial charge in [-0.25, -0.2) is 0 Å². The van der Waals surface area contributed by atoms with Gasteiger partial charge in [-0.05, 0) is 42.5 Å². The average molecular weight is 275 g/mol. The van der Waals surface area contributed by atoms with Crippen LogP contribution in [0, 0.1) is 0 Å². The lowest BCUT2D eigenvalue weighted by Gasteiger charge is -2.10. The molecule has 1 unspecified atom stereocenters. The first-order valence-corrected chi connectivity index (χ1v) is 7.36. The molecule has 4 heteroatoms. The maximum Gasteiger partial charge on any atom is 0.137 e. The van der Waals surface area contributed by atoms with Gasteiger partial charge in [0.15, 0.2) is 0 Å². The zero-order valence-corrected chi connectivity index (χ0v) is 11.9. The summed E-state index contributed by atoms with van der Waals surface area (Å²) < 4.78 is 5.59. The summed E-state index contributed by atoms with van der Waals surface area (Å²) in [6, 6.07) is 5.41. The minimum Gasteiger partial charge on any atom is -0.492 e. The largest absolute Gasteiger partial charge is 0.492 e. The van der Waals surface area contributed by atoms with Gasteiger partial charge in [-0.3, -0.25) is 0 Å². The Morgan fingerprint density at radius 3 is 2.82 bits per heavy atom. The van der Waals surface area contributed by atoms with Crippen molar-refractivity contribution < 1.29 is 9.84 Å². The molecule has 1 rings (SSSR count). The van der Waals surface area contributed by atoms with Crippen LogP contribution in [0.2, 0.25) is 5.02 Å².